The van der Waals surface area contributed by atoms with Crippen molar-refractivity contribution in [2.24, 2.45) is 5.73 Å². The van der Waals surface area contributed by atoms with Crippen LogP contribution in [0.15, 0.2) is 36.7 Å². The Hall–Kier alpha value is -2.75. The number of aromatic nitrogens is 2. The molecule has 0 radical (unpaired) electrons. The molecule has 3 N–H and O–H groups in total. The molecule has 1 unspecified atom stereocenters. The minimum absolute atomic E-state index is 0.222. The molecule has 2 aliphatic carbocycles. The number of carbonyl (C=O) groups excluding carboxylic acids is 1. The number of amides is 1. The normalized spacial score (nSPS) is 22.9. The third-order valence-corrected chi connectivity index (χ3v) is 9.39. The van der Waals surface area contributed by atoms with Crippen LogP contribution in [0.4, 0.5) is 11.6 Å². The lowest BCUT2D eigenvalue weighted by molar-refractivity contribution is 0.0937. The fourth-order valence-corrected chi connectivity index (χ4v) is 6.96. The third kappa shape index (κ3) is 6.21. The minimum atomic E-state index is -0.624. The molecule has 1 amide bonds. The van der Waals surface area contributed by atoms with E-state index in [2.05, 4.69) is 34.9 Å². The van der Waals surface area contributed by atoms with Crippen LogP contribution in [0.5, 0.6) is 0 Å². The zero-order valence-electron chi connectivity index (χ0n) is 23.2. The molecule has 2 aromatic rings. The van der Waals surface area contributed by atoms with Crippen LogP contribution in [0.1, 0.15) is 73.5 Å². The largest absolute Gasteiger partial charge is 0.354 e. The highest BCUT2D eigenvalue weighted by Gasteiger charge is 2.28. The van der Waals surface area contributed by atoms with E-state index < -0.39 is 6.17 Å². The van der Waals surface area contributed by atoms with Gasteiger partial charge in [-0.2, -0.15) is 0 Å². The summed E-state index contributed by atoms with van der Waals surface area (Å²) in [5.74, 6) is 1.69. The van der Waals surface area contributed by atoms with Crippen LogP contribution in [0, 0.1) is 0 Å². The first kappa shape index (κ1) is 26.5. The summed E-state index contributed by atoms with van der Waals surface area (Å²) in [7, 11) is 0. The maximum atomic E-state index is 12.9. The second kappa shape index (κ2) is 12.2. The summed E-state index contributed by atoms with van der Waals surface area (Å²) < 4.78 is 0. The first-order valence-electron chi connectivity index (χ1n) is 15.1. The van der Waals surface area contributed by atoms with Crippen molar-refractivity contribution in [3.63, 3.8) is 0 Å². The molecule has 0 spiro atoms. The molecule has 9 heteroatoms. The molecule has 1 atom stereocenters. The van der Waals surface area contributed by atoms with Gasteiger partial charge in [0.05, 0.1) is 5.56 Å². The van der Waals surface area contributed by atoms with E-state index in [1.54, 1.807) is 12.4 Å². The van der Waals surface area contributed by atoms with Crippen LogP contribution < -0.4 is 20.9 Å². The summed E-state index contributed by atoms with van der Waals surface area (Å²) in [5.41, 5.74) is 7.65. The highest BCUT2D eigenvalue weighted by atomic mass is 16.1. The van der Waals surface area contributed by atoms with Gasteiger partial charge in [-0.15, -0.1) is 0 Å². The topological polar surface area (TPSA) is 93.9 Å². The van der Waals surface area contributed by atoms with E-state index in [-0.39, 0.29) is 5.91 Å². The average molecular weight is 533 g/mol. The molecule has 2 saturated heterocycles. The molecule has 2 aliphatic heterocycles. The van der Waals surface area contributed by atoms with Gasteiger partial charge in [0, 0.05) is 82.4 Å². The number of anilines is 2. The molecular formula is C30H44N8O. The lowest BCUT2D eigenvalue weighted by Gasteiger charge is -2.38. The Kier molecular flexibility index (Phi) is 8.27. The van der Waals surface area contributed by atoms with Crippen LogP contribution >= 0.6 is 0 Å². The summed E-state index contributed by atoms with van der Waals surface area (Å²) in [5, 5.41) is 2.90. The van der Waals surface area contributed by atoms with Gasteiger partial charge in [0.15, 0.2) is 0 Å². The second-order valence-electron chi connectivity index (χ2n) is 11.7. The number of hydrogen-bond donors (Lipinski definition) is 2. The SMILES string of the molecule is NC(NC(=O)c1ccc(N2CCN(C3CCCC3)CC2)nc1)c1ccc(N2CCN(C3CCCC3)CC2)nc1. The van der Waals surface area contributed by atoms with Gasteiger partial charge in [0.1, 0.15) is 17.8 Å². The molecule has 0 aromatic carbocycles. The monoisotopic (exact) mass is 532 g/mol. The Bertz CT molecular complexity index is 1070. The minimum Gasteiger partial charge on any atom is -0.354 e. The highest BCUT2D eigenvalue weighted by Crippen LogP contribution is 2.26. The molecule has 4 fully saturated rings. The number of pyridine rings is 2. The van der Waals surface area contributed by atoms with E-state index in [4.69, 9.17) is 5.73 Å². The van der Waals surface area contributed by atoms with Crippen molar-refractivity contribution in [2.45, 2.75) is 69.6 Å². The molecule has 0 bridgehead atoms. The molecule has 2 saturated carbocycles. The van der Waals surface area contributed by atoms with Crippen LogP contribution in [0.3, 0.4) is 0 Å². The highest BCUT2D eigenvalue weighted by molar-refractivity contribution is 5.94. The first-order valence-corrected chi connectivity index (χ1v) is 15.1. The van der Waals surface area contributed by atoms with Gasteiger partial charge in [0.2, 0.25) is 0 Å². The maximum absolute atomic E-state index is 12.9. The van der Waals surface area contributed by atoms with Crippen LogP contribution in [0.2, 0.25) is 0 Å². The number of nitrogens with one attached hydrogen (secondary N) is 1. The van der Waals surface area contributed by atoms with Crippen molar-refractivity contribution in [1.29, 1.82) is 0 Å². The number of nitrogens with two attached hydrogens (primary N) is 1. The van der Waals surface area contributed by atoms with Crippen molar-refractivity contribution in [3.8, 4) is 0 Å². The predicted molar refractivity (Wildman–Crippen MR) is 155 cm³/mol. The van der Waals surface area contributed by atoms with E-state index in [9.17, 15) is 4.79 Å². The quantitative estimate of drug-likeness (QED) is 0.526. The molecule has 39 heavy (non-hydrogen) atoms. The van der Waals surface area contributed by atoms with E-state index in [1.807, 2.05) is 24.3 Å². The number of carbonyl (C=O) groups is 1. The van der Waals surface area contributed by atoms with E-state index in [1.165, 1.54) is 51.4 Å². The van der Waals surface area contributed by atoms with Gasteiger partial charge in [0.25, 0.3) is 5.91 Å². The van der Waals surface area contributed by atoms with Crippen molar-refractivity contribution < 1.29 is 4.79 Å². The molecule has 4 aliphatic rings. The third-order valence-electron chi connectivity index (χ3n) is 9.39. The molecule has 210 valence electrons. The van der Waals surface area contributed by atoms with Gasteiger partial charge in [-0.05, 0) is 43.9 Å². The van der Waals surface area contributed by atoms with Gasteiger partial charge < -0.3 is 20.9 Å². The molecular weight excluding hydrogens is 488 g/mol. The molecule has 4 heterocycles. The fraction of sp³-hybridized carbons (Fsp3) is 0.633. The fourth-order valence-electron chi connectivity index (χ4n) is 6.96. The Balaban J connectivity index is 0.974. The van der Waals surface area contributed by atoms with Crippen LogP contribution in [0.25, 0.3) is 0 Å². The Morgan fingerprint density at radius 1 is 0.718 bits per heavy atom. The summed E-state index contributed by atoms with van der Waals surface area (Å²) in [6, 6.07) is 9.36. The summed E-state index contributed by atoms with van der Waals surface area (Å²) in [6.45, 7) is 8.37. The molecule has 6 rings (SSSR count). The van der Waals surface area contributed by atoms with E-state index in [0.29, 0.717) is 5.56 Å². The van der Waals surface area contributed by atoms with Gasteiger partial charge in [-0.25, -0.2) is 9.97 Å². The Morgan fingerprint density at radius 2 is 1.21 bits per heavy atom. The standard InChI is InChI=1S/C30H44N8O/c31-29(23-9-11-27(32-21-23)37-17-13-35(14-18-37)25-5-1-2-6-25)34-30(39)24-10-12-28(33-22-24)38-19-15-36(16-20-38)26-7-3-4-8-26/h9-12,21-22,25-26,29H,1-8,13-20,31H2,(H,34,39). The van der Waals surface area contributed by atoms with Crippen LogP contribution in [-0.2, 0) is 0 Å². The molecule has 9 nitrogen and oxygen atoms in total. The lowest BCUT2D eigenvalue weighted by Crippen LogP contribution is -2.50. The van der Waals surface area contributed by atoms with Crippen molar-refractivity contribution >= 4 is 17.5 Å². The first-order chi connectivity index (χ1) is 19.1. The lowest BCUT2D eigenvalue weighted by atomic mass is 10.1. The number of nitrogens with zero attached hydrogens (tertiary/aromatic N) is 6. The van der Waals surface area contributed by atoms with Crippen molar-refractivity contribution in [3.05, 3.63) is 47.8 Å². The predicted octanol–water partition coefficient (Wildman–Crippen LogP) is 2.99. The smallest absolute Gasteiger partial charge is 0.254 e. The second-order valence-corrected chi connectivity index (χ2v) is 11.7. The maximum Gasteiger partial charge on any atom is 0.254 e. The Morgan fingerprint density at radius 3 is 1.64 bits per heavy atom. The van der Waals surface area contributed by atoms with Crippen molar-refractivity contribution in [1.82, 2.24) is 25.1 Å². The van der Waals surface area contributed by atoms with Gasteiger partial charge >= 0.3 is 0 Å². The number of rotatable bonds is 7. The van der Waals surface area contributed by atoms with E-state index in [0.717, 1.165) is 81.6 Å². The average Bonchev–Trinajstić information content (AvgIpc) is 3.73. The van der Waals surface area contributed by atoms with Gasteiger partial charge in [-0.1, -0.05) is 31.7 Å². The van der Waals surface area contributed by atoms with E-state index >= 15 is 0 Å². The summed E-state index contributed by atoms with van der Waals surface area (Å²) >= 11 is 0. The number of hydrogen-bond acceptors (Lipinski definition) is 8. The zero-order chi connectivity index (χ0) is 26.6. The number of piperazine rings is 2. The van der Waals surface area contributed by atoms with Crippen molar-refractivity contribution in [2.75, 3.05) is 62.2 Å². The van der Waals surface area contributed by atoms with Crippen LogP contribution in [-0.4, -0.2) is 90.1 Å². The summed E-state index contributed by atoms with van der Waals surface area (Å²) in [4.78, 5) is 32.1. The van der Waals surface area contributed by atoms with Gasteiger partial charge in [-0.3, -0.25) is 14.6 Å². The Labute approximate surface area is 232 Å². The summed E-state index contributed by atoms with van der Waals surface area (Å²) in [6.07, 6.45) is 13.7. The molecule has 2 aromatic heterocycles. The zero-order valence-corrected chi connectivity index (χ0v) is 23.2.